The molecule has 5 nitrogen and oxygen atoms in total. The molecular formula is C13H14FNO4. The first-order valence-corrected chi connectivity index (χ1v) is 6.00. The van der Waals surface area contributed by atoms with Gasteiger partial charge >= 0.3 is 5.97 Å². The number of carbonyl (C=O) groups is 2. The van der Waals surface area contributed by atoms with Gasteiger partial charge in [0.15, 0.2) is 0 Å². The van der Waals surface area contributed by atoms with Crippen molar-refractivity contribution in [2.45, 2.75) is 12.8 Å². The Kier molecular flexibility index (Phi) is 4.11. The molecule has 0 atom stereocenters. The molecule has 1 heterocycles. The first-order valence-electron chi connectivity index (χ1n) is 6.00. The largest absolute Gasteiger partial charge is 0.478 e. The second-order valence-corrected chi connectivity index (χ2v) is 4.34. The first kappa shape index (κ1) is 13.5. The summed E-state index contributed by atoms with van der Waals surface area (Å²) >= 11 is 0. The number of hydrogen-bond donors (Lipinski definition) is 2. The van der Waals surface area contributed by atoms with Gasteiger partial charge in [-0.15, -0.1) is 0 Å². The highest BCUT2D eigenvalue weighted by atomic mass is 19.1. The number of benzene rings is 1. The molecule has 6 heteroatoms. The van der Waals surface area contributed by atoms with Gasteiger partial charge in [0.2, 0.25) is 5.91 Å². The van der Waals surface area contributed by atoms with Crippen molar-refractivity contribution in [1.29, 1.82) is 0 Å². The molecule has 102 valence electrons. The Labute approximate surface area is 109 Å². The van der Waals surface area contributed by atoms with Gasteiger partial charge in [0.05, 0.1) is 11.3 Å². The Hall–Kier alpha value is -1.95. The molecule has 1 aromatic rings. The van der Waals surface area contributed by atoms with Crippen LogP contribution in [0.4, 0.5) is 10.1 Å². The van der Waals surface area contributed by atoms with Crippen LogP contribution >= 0.6 is 0 Å². The van der Waals surface area contributed by atoms with Crippen molar-refractivity contribution >= 4 is 17.6 Å². The van der Waals surface area contributed by atoms with E-state index in [1.165, 1.54) is 12.1 Å². The highest BCUT2D eigenvalue weighted by molar-refractivity contribution is 6.01. The topological polar surface area (TPSA) is 75.6 Å². The molecule has 1 aliphatic rings. The molecule has 0 spiro atoms. The van der Waals surface area contributed by atoms with Crippen LogP contribution in [0.1, 0.15) is 23.2 Å². The maximum Gasteiger partial charge on any atom is 0.337 e. The molecule has 2 rings (SSSR count). The number of para-hydroxylation sites is 1. The molecule has 1 aliphatic heterocycles. The number of halogens is 1. The Bertz CT molecular complexity index is 497. The van der Waals surface area contributed by atoms with E-state index in [1.807, 2.05) is 0 Å². The molecule has 0 unspecified atom stereocenters. The Morgan fingerprint density at radius 2 is 2.00 bits per heavy atom. The minimum absolute atomic E-state index is 0.250. The molecule has 0 aromatic heterocycles. The van der Waals surface area contributed by atoms with Crippen LogP contribution in [-0.4, -0.2) is 30.2 Å². The smallest absolute Gasteiger partial charge is 0.337 e. The number of nitrogens with one attached hydrogen (secondary N) is 1. The minimum atomic E-state index is -1.28. The van der Waals surface area contributed by atoms with Gasteiger partial charge in [0.25, 0.3) is 0 Å². The molecule has 2 N–H and O–H groups in total. The summed E-state index contributed by atoms with van der Waals surface area (Å²) < 4.78 is 18.8. The molecule has 0 radical (unpaired) electrons. The second kappa shape index (κ2) is 5.79. The molecule has 1 saturated heterocycles. The van der Waals surface area contributed by atoms with Gasteiger partial charge in [-0.3, -0.25) is 4.79 Å². The number of rotatable bonds is 3. The minimum Gasteiger partial charge on any atom is -0.478 e. The lowest BCUT2D eigenvalue weighted by Crippen LogP contribution is -2.29. The number of carboxylic acids is 1. The average molecular weight is 267 g/mol. The van der Waals surface area contributed by atoms with E-state index in [1.54, 1.807) is 0 Å². The zero-order valence-corrected chi connectivity index (χ0v) is 10.2. The van der Waals surface area contributed by atoms with E-state index in [0.29, 0.717) is 26.1 Å². The van der Waals surface area contributed by atoms with Crippen molar-refractivity contribution in [3.63, 3.8) is 0 Å². The first-order chi connectivity index (χ1) is 9.09. The van der Waals surface area contributed by atoms with Crippen LogP contribution in [0.15, 0.2) is 18.2 Å². The lowest BCUT2D eigenvalue weighted by molar-refractivity contribution is -0.122. The van der Waals surface area contributed by atoms with E-state index < -0.39 is 11.8 Å². The Balaban J connectivity index is 2.18. The molecule has 0 aliphatic carbocycles. The number of carbonyl (C=O) groups excluding carboxylic acids is 1. The van der Waals surface area contributed by atoms with Gasteiger partial charge in [-0.1, -0.05) is 6.07 Å². The van der Waals surface area contributed by atoms with Gasteiger partial charge in [-0.2, -0.15) is 0 Å². The third kappa shape index (κ3) is 3.08. The maximum atomic E-state index is 13.6. The SMILES string of the molecule is O=C(O)c1cccc(F)c1NC(=O)C1CCOCC1. The van der Waals surface area contributed by atoms with Crippen LogP contribution in [0.5, 0.6) is 0 Å². The Morgan fingerprint density at radius 3 is 2.63 bits per heavy atom. The summed E-state index contributed by atoms with van der Waals surface area (Å²) in [5.41, 5.74) is -0.521. The molecule has 0 saturated carbocycles. The van der Waals surface area contributed by atoms with Crippen LogP contribution in [0.25, 0.3) is 0 Å². The third-order valence-corrected chi connectivity index (χ3v) is 3.08. The number of ether oxygens (including phenoxy) is 1. The average Bonchev–Trinajstić information content (AvgIpc) is 2.41. The molecular weight excluding hydrogens is 253 g/mol. The normalized spacial score (nSPS) is 16.1. The third-order valence-electron chi connectivity index (χ3n) is 3.08. The van der Waals surface area contributed by atoms with Gasteiger partial charge in [0, 0.05) is 19.1 Å². The highest BCUT2D eigenvalue weighted by Crippen LogP contribution is 2.23. The van der Waals surface area contributed by atoms with Crippen molar-refractivity contribution in [3.8, 4) is 0 Å². The quantitative estimate of drug-likeness (QED) is 0.876. The van der Waals surface area contributed by atoms with E-state index in [9.17, 15) is 14.0 Å². The number of hydrogen-bond acceptors (Lipinski definition) is 3. The van der Waals surface area contributed by atoms with Crippen LogP contribution in [0.3, 0.4) is 0 Å². The molecule has 1 aromatic carbocycles. The van der Waals surface area contributed by atoms with Gasteiger partial charge in [-0.25, -0.2) is 9.18 Å². The standard InChI is InChI=1S/C13H14FNO4/c14-10-3-1-2-9(13(17)18)11(10)15-12(16)8-4-6-19-7-5-8/h1-3,8H,4-7H2,(H,15,16)(H,17,18). The highest BCUT2D eigenvalue weighted by Gasteiger charge is 2.24. The summed E-state index contributed by atoms with van der Waals surface area (Å²) in [4.78, 5) is 23.0. The van der Waals surface area contributed by atoms with E-state index in [0.717, 1.165) is 6.07 Å². The summed E-state index contributed by atoms with van der Waals surface area (Å²) in [6.07, 6.45) is 1.12. The molecule has 0 bridgehead atoms. The van der Waals surface area contributed by atoms with Crippen molar-refractivity contribution in [1.82, 2.24) is 0 Å². The van der Waals surface area contributed by atoms with Gasteiger partial charge in [0.1, 0.15) is 5.82 Å². The van der Waals surface area contributed by atoms with E-state index in [-0.39, 0.29) is 23.1 Å². The van der Waals surface area contributed by atoms with Crippen molar-refractivity contribution in [3.05, 3.63) is 29.6 Å². The summed E-state index contributed by atoms with van der Waals surface area (Å²) in [6.45, 7) is 0.974. The van der Waals surface area contributed by atoms with E-state index in [2.05, 4.69) is 5.32 Å². The molecule has 1 fully saturated rings. The molecule has 19 heavy (non-hydrogen) atoms. The lowest BCUT2D eigenvalue weighted by Gasteiger charge is -2.21. The van der Waals surface area contributed by atoms with Crippen LogP contribution in [-0.2, 0) is 9.53 Å². The molecule has 1 amide bonds. The summed E-state index contributed by atoms with van der Waals surface area (Å²) in [5.74, 6) is -2.66. The van der Waals surface area contributed by atoms with E-state index >= 15 is 0 Å². The van der Waals surface area contributed by atoms with Crippen LogP contribution in [0, 0.1) is 11.7 Å². The fraction of sp³-hybridized carbons (Fsp3) is 0.385. The van der Waals surface area contributed by atoms with Crippen molar-refractivity contribution in [2.24, 2.45) is 5.92 Å². The van der Waals surface area contributed by atoms with Crippen molar-refractivity contribution < 1.29 is 23.8 Å². The fourth-order valence-corrected chi connectivity index (χ4v) is 2.01. The van der Waals surface area contributed by atoms with Gasteiger partial charge < -0.3 is 15.2 Å². The number of aromatic carboxylic acids is 1. The zero-order valence-electron chi connectivity index (χ0n) is 10.2. The van der Waals surface area contributed by atoms with Crippen molar-refractivity contribution in [2.75, 3.05) is 18.5 Å². The van der Waals surface area contributed by atoms with Gasteiger partial charge in [-0.05, 0) is 25.0 Å². The maximum absolute atomic E-state index is 13.6. The number of amides is 1. The summed E-state index contributed by atoms with van der Waals surface area (Å²) in [7, 11) is 0. The summed E-state index contributed by atoms with van der Waals surface area (Å²) in [5, 5.41) is 11.4. The number of carboxylic acid groups (broad SMARTS) is 1. The predicted molar refractivity (Wildman–Crippen MR) is 65.5 cm³/mol. The fourth-order valence-electron chi connectivity index (χ4n) is 2.01. The Morgan fingerprint density at radius 1 is 1.32 bits per heavy atom. The lowest BCUT2D eigenvalue weighted by atomic mass is 9.99. The van der Waals surface area contributed by atoms with Crippen LogP contribution < -0.4 is 5.32 Å². The predicted octanol–water partition coefficient (Wildman–Crippen LogP) is 1.89. The van der Waals surface area contributed by atoms with E-state index in [4.69, 9.17) is 9.84 Å². The monoisotopic (exact) mass is 267 g/mol. The zero-order chi connectivity index (χ0) is 13.8. The number of anilines is 1. The summed E-state index contributed by atoms with van der Waals surface area (Å²) in [6, 6.07) is 3.67. The second-order valence-electron chi connectivity index (χ2n) is 4.34. The van der Waals surface area contributed by atoms with Crippen LogP contribution in [0.2, 0.25) is 0 Å².